The summed E-state index contributed by atoms with van der Waals surface area (Å²) in [6.07, 6.45) is 2.81. The SMILES string of the molecule is CC(C)CC(=O)N1CCN(c2ccc(NC3=NCC(C(N)=O)=C(NC4CC4)N3)cc2)CC1. The van der Waals surface area contributed by atoms with Crippen LogP contribution in [0.2, 0.25) is 0 Å². The van der Waals surface area contributed by atoms with Gasteiger partial charge in [0.2, 0.25) is 17.8 Å². The van der Waals surface area contributed by atoms with Crippen LogP contribution < -0.4 is 26.6 Å². The minimum atomic E-state index is -0.459. The fourth-order valence-electron chi connectivity index (χ4n) is 3.88. The Morgan fingerprint density at radius 3 is 2.44 bits per heavy atom. The highest BCUT2D eigenvalue weighted by atomic mass is 16.2. The normalized spacial score (nSPS) is 18.9. The number of benzene rings is 1. The van der Waals surface area contributed by atoms with E-state index >= 15 is 0 Å². The van der Waals surface area contributed by atoms with E-state index in [2.05, 4.69) is 51.8 Å². The van der Waals surface area contributed by atoms with E-state index in [-0.39, 0.29) is 12.5 Å². The maximum Gasteiger partial charge on any atom is 0.250 e. The van der Waals surface area contributed by atoms with Crippen LogP contribution in [0.25, 0.3) is 0 Å². The molecule has 5 N–H and O–H groups in total. The lowest BCUT2D eigenvalue weighted by atomic mass is 10.1. The van der Waals surface area contributed by atoms with Gasteiger partial charge in [0.15, 0.2) is 0 Å². The summed E-state index contributed by atoms with van der Waals surface area (Å²) in [4.78, 5) is 32.7. The Balaban J connectivity index is 1.31. The van der Waals surface area contributed by atoms with Crippen molar-refractivity contribution in [2.24, 2.45) is 16.6 Å². The van der Waals surface area contributed by atoms with Gasteiger partial charge in [-0.1, -0.05) is 13.8 Å². The number of carbonyl (C=O) groups is 2. The molecule has 0 aromatic heterocycles. The summed E-state index contributed by atoms with van der Waals surface area (Å²) in [5, 5.41) is 9.77. The molecule has 2 aliphatic heterocycles. The van der Waals surface area contributed by atoms with Crippen molar-refractivity contribution >= 4 is 29.1 Å². The summed E-state index contributed by atoms with van der Waals surface area (Å²) in [5.41, 5.74) is 8.01. The van der Waals surface area contributed by atoms with Gasteiger partial charge >= 0.3 is 0 Å². The van der Waals surface area contributed by atoms with Gasteiger partial charge in [-0.2, -0.15) is 0 Å². The van der Waals surface area contributed by atoms with Gasteiger partial charge in [-0.15, -0.1) is 0 Å². The molecular weight excluding hydrogens is 406 g/mol. The Kier molecular flexibility index (Phi) is 6.53. The predicted octanol–water partition coefficient (Wildman–Crippen LogP) is 1.20. The molecule has 0 bridgehead atoms. The van der Waals surface area contributed by atoms with Crippen molar-refractivity contribution in [3.63, 3.8) is 0 Å². The summed E-state index contributed by atoms with van der Waals surface area (Å²) < 4.78 is 0. The van der Waals surface area contributed by atoms with Crippen LogP contribution in [-0.2, 0) is 9.59 Å². The minimum Gasteiger partial charge on any atom is -0.368 e. The summed E-state index contributed by atoms with van der Waals surface area (Å²) in [7, 11) is 0. The summed E-state index contributed by atoms with van der Waals surface area (Å²) >= 11 is 0. The zero-order valence-electron chi connectivity index (χ0n) is 18.9. The third kappa shape index (κ3) is 5.52. The summed E-state index contributed by atoms with van der Waals surface area (Å²) in [6, 6.07) is 8.57. The highest BCUT2D eigenvalue weighted by Gasteiger charge is 2.27. The van der Waals surface area contributed by atoms with Gasteiger partial charge in [0.25, 0.3) is 0 Å². The first-order valence-electron chi connectivity index (χ1n) is 11.4. The summed E-state index contributed by atoms with van der Waals surface area (Å²) in [6.45, 7) is 7.60. The first-order chi connectivity index (χ1) is 15.4. The molecule has 0 spiro atoms. The number of carbonyl (C=O) groups excluding carboxylic acids is 2. The number of guanidine groups is 1. The van der Waals surface area contributed by atoms with Crippen LogP contribution in [0.5, 0.6) is 0 Å². The number of hydrogen-bond acceptors (Lipinski definition) is 7. The number of nitrogens with zero attached hydrogens (tertiary/aromatic N) is 3. The number of hydrogen-bond donors (Lipinski definition) is 4. The van der Waals surface area contributed by atoms with Crippen LogP contribution >= 0.6 is 0 Å². The second kappa shape index (κ2) is 9.50. The largest absolute Gasteiger partial charge is 0.368 e. The van der Waals surface area contributed by atoms with E-state index < -0.39 is 5.91 Å². The molecule has 1 aromatic carbocycles. The molecule has 0 radical (unpaired) electrons. The molecule has 2 fully saturated rings. The lowest BCUT2D eigenvalue weighted by molar-refractivity contribution is -0.132. The van der Waals surface area contributed by atoms with Gasteiger partial charge < -0.3 is 31.5 Å². The van der Waals surface area contributed by atoms with Crippen LogP contribution in [0.1, 0.15) is 33.1 Å². The van der Waals surface area contributed by atoms with Crippen molar-refractivity contribution in [3.8, 4) is 0 Å². The molecular formula is C23H33N7O2. The molecule has 0 atom stereocenters. The van der Waals surface area contributed by atoms with Crippen LogP contribution in [0.4, 0.5) is 11.4 Å². The highest BCUT2D eigenvalue weighted by molar-refractivity contribution is 6.00. The highest BCUT2D eigenvalue weighted by Crippen LogP contribution is 2.22. The Labute approximate surface area is 189 Å². The van der Waals surface area contributed by atoms with E-state index in [4.69, 9.17) is 5.73 Å². The fourth-order valence-corrected chi connectivity index (χ4v) is 3.88. The maximum absolute atomic E-state index is 12.3. The molecule has 0 unspecified atom stereocenters. The molecule has 1 aromatic rings. The Hall–Kier alpha value is -3.23. The number of nitrogens with two attached hydrogens (primary N) is 1. The third-order valence-electron chi connectivity index (χ3n) is 5.87. The van der Waals surface area contributed by atoms with Crippen molar-refractivity contribution in [3.05, 3.63) is 35.7 Å². The Morgan fingerprint density at radius 2 is 1.84 bits per heavy atom. The molecule has 9 nitrogen and oxygen atoms in total. The molecule has 1 saturated carbocycles. The third-order valence-corrected chi connectivity index (χ3v) is 5.87. The minimum absolute atomic E-state index is 0.248. The first kappa shape index (κ1) is 22.0. The quantitative estimate of drug-likeness (QED) is 0.508. The van der Waals surface area contributed by atoms with E-state index in [0.717, 1.165) is 50.4 Å². The number of nitrogens with one attached hydrogen (secondary N) is 3. The average molecular weight is 440 g/mol. The van der Waals surface area contributed by atoms with Crippen LogP contribution in [0, 0.1) is 5.92 Å². The molecule has 2 amide bonds. The smallest absolute Gasteiger partial charge is 0.250 e. The van der Waals surface area contributed by atoms with Crippen molar-refractivity contribution in [2.75, 3.05) is 42.9 Å². The number of rotatable bonds is 7. The average Bonchev–Trinajstić information content (AvgIpc) is 3.58. The lowest BCUT2D eigenvalue weighted by Gasteiger charge is -2.36. The van der Waals surface area contributed by atoms with Crippen molar-refractivity contribution in [2.45, 2.75) is 39.2 Å². The number of anilines is 2. The molecule has 2 heterocycles. The van der Waals surface area contributed by atoms with E-state index in [1.54, 1.807) is 0 Å². The van der Waals surface area contributed by atoms with E-state index in [1.807, 2.05) is 17.0 Å². The maximum atomic E-state index is 12.3. The standard InChI is InChI=1S/C23H33N7O2/c1-15(2)13-20(31)30-11-9-29(10-12-30)18-7-5-17(6-8-18)27-23-25-14-19(21(24)32)22(28-23)26-16-3-4-16/h5-8,15-16,26H,3-4,9-14H2,1-2H3,(H2,24,32)(H2,25,27,28). The first-order valence-corrected chi connectivity index (χ1v) is 11.4. The number of aliphatic imine (C=N–C) groups is 1. The number of primary amides is 1. The molecule has 32 heavy (non-hydrogen) atoms. The van der Waals surface area contributed by atoms with Crippen molar-refractivity contribution in [1.82, 2.24) is 15.5 Å². The monoisotopic (exact) mass is 439 g/mol. The zero-order chi connectivity index (χ0) is 22.7. The van der Waals surface area contributed by atoms with E-state index in [1.165, 1.54) is 0 Å². The summed E-state index contributed by atoms with van der Waals surface area (Å²) in [5.74, 6) is 1.42. The van der Waals surface area contributed by atoms with Gasteiger partial charge in [0.1, 0.15) is 5.82 Å². The topological polar surface area (TPSA) is 115 Å². The van der Waals surface area contributed by atoms with Crippen LogP contribution in [0.15, 0.2) is 40.7 Å². The van der Waals surface area contributed by atoms with Crippen molar-refractivity contribution in [1.29, 1.82) is 0 Å². The molecule has 4 rings (SSSR count). The predicted molar refractivity (Wildman–Crippen MR) is 126 cm³/mol. The van der Waals surface area contributed by atoms with Gasteiger partial charge in [0, 0.05) is 50.0 Å². The van der Waals surface area contributed by atoms with Gasteiger partial charge in [-0.05, 0) is 43.0 Å². The van der Waals surface area contributed by atoms with E-state index in [9.17, 15) is 9.59 Å². The van der Waals surface area contributed by atoms with Crippen LogP contribution in [0.3, 0.4) is 0 Å². The zero-order valence-corrected chi connectivity index (χ0v) is 18.9. The molecule has 1 saturated heterocycles. The van der Waals surface area contributed by atoms with E-state index in [0.29, 0.717) is 35.7 Å². The van der Waals surface area contributed by atoms with Gasteiger partial charge in [-0.25, -0.2) is 4.99 Å². The molecule has 1 aliphatic carbocycles. The molecule has 3 aliphatic rings. The van der Waals surface area contributed by atoms with Crippen molar-refractivity contribution < 1.29 is 9.59 Å². The Morgan fingerprint density at radius 1 is 1.16 bits per heavy atom. The second-order valence-corrected chi connectivity index (χ2v) is 9.06. The number of amides is 2. The Bertz CT molecular complexity index is 911. The van der Waals surface area contributed by atoms with Gasteiger partial charge in [0.05, 0.1) is 12.1 Å². The number of piperazine rings is 1. The fraction of sp³-hybridized carbons (Fsp3) is 0.522. The van der Waals surface area contributed by atoms with Crippen LogP contribution in [-0.4, -0.2) is 61.4 Å². The molecule has 9 heteroatoms. The lowest BCUT2D eigenvalue weighted by Crippen LogP contribution is -2.49. The molecule has 172 valence electrons. The van der Waals surface area contributed by atoms with Gasteiger partial charge in [-0.3, -0.25) is 9.59 Å². The second-order valence-electron chi connectivity index (χ2n) is 9.06.